The summed E-state index contributed by atoms with van der Waals surface area (Å²) in [5, 5.41) is 0. The van der Waals surface area contributed by atoms with E-state index in [1.807, 2.05) is 37.3 Å². The van der Waals surface area contributed by atoms with Crippen LogP contribution in [-0.4, -0.2) is 4.21 Å². The molecule has 0 fully saturated rings. The van der Waals surface area contributed by atoms with E-state index in [-0.39, 0.29) is 4.90 Å². The van der Waals surface area contributed by atoms with Crippen LogP contribution in [0.2, 0.25) is 0 Å². The molecular weight excluding hydrogens is 261 g/mol. The third kappa shape index (κ3) is 3.41. The summed E-state index contributed by atoms with van der Waals surface area (Å²) in [5.74, 6) is 0. The Kier molecular flexibility index (Phi) is 4.00. The van der Waals surface area contributed by atoms with E-state index in [1.165, 1.54) is 12.1 Å². The first-order chi connectivity index (χ1) is 8.99. The summed E-state index contributed by atoms with van der Waals surface area (Å²) in [6.45, 7) is 3.64. The lowest BCUT2D eigenvalue weighted by atomic mass is 10.1. The van der Waals surface area contributed by atoms with Gasteiger partial charge in [0.05, 0.1) is 10.9 Å². The second kappa shape index (κ2) is 5.53. The fraction of sp³-hybridized carbons (Fsp3) is 0.200. The minimum Gasteiger partial charge on any atom is -0.211 e. The van der Waals surface area contributed by atoms with E-state index < -0.39 is 16.2 Å². The molecule has 0 amide bonds. The first-order valence-electron chi connectivity index (χ1n) is 6.06. The van der Waals surface area contributed by atoms with Gasteiger partial charge in [-0.25, -0.2) is 4.21 Å². The van der Waals surface area contributed by atoms with E-state index in [1.54, 1.807) is 19.1 Å². The summed E-state index contributed by atoms with van der Waals surface area (Å²) >= 11 is 0. The van der Waals surface area contributed by atoms with Crippen LogP contribution >= 0.6 is 0 Å². The SMILES string of the molecule is Cc1ccc(S(=O)(F)=NC(C)c2ccccc2)cc1. The molecule has 0 aromatic heterocycles. The van der Waals surface area contributed by atoms with Gasteiger partial charge in [-0.3, -0.25) is 0 Å². The van der Waals surface area contributed by atoms with Gasteiger partial charge >= 0.3 is 0 Å². The number of aryl methyl sites for hydroxylation is 1. The zero-order valence-corrected chi connectivity index (χ0v) is 11.7. The highest BCUT2D eigenvalue weighted by atomic mass is 32.3. The van der Waals surface area contributed by atoms with Gasteiger partial charge in [-0.1, -0.05) is 48.0 Å². The van der Waals surface area contributed by atoms with Crippen molar-refractivity contribution < 1.29 is 8.09 Å². The molecule has 0 saturated heterocycles. The normalized spacial score (nSPS) is 15.5. The maximum Gasteiger partial charge on any atom is 0.231 e. The van der Waals surface area contributed by atoms with Crippen molar-refractivity contribution in [2.24, 2.45) is 4.36 Å². The highest BCUT2D eigenvalue weighted by molar-refractivity contribution is 7.88. The van der Waals surface area contributed by atoms with Crippen LogP contribution in [0.3, 0.4) is 0 Å². The summed E-state index contributed by atoms with van der Waals surface area (Å²) in [4.78, 5) is 0.126. The minimum absolute atomic E-state index is 0.126. The third-order valence-electron chi connectivity index (χ3n) is 2.89. The van der Waals surface area contributed by atoms with Crippen LogP contribution in [0.4, 0.5) is 3.89 Å². The Bertz CT molecular complexity index is 658. The summed E-state index contributed by atoms with van der Waals surface area (Å²) in [5.41, 5.74) is 1.84. The molecule has 0 spiro atoms. The van der Waals surface area contributed by atoms with Gasteiger partial charge in [-0.15, -0.1) is 3.89 Å². The van der Waals surface area contributed by atoms with Gasteiger partial charge < -0.3 is 0 Å². The molecule has 0 heterocycles. The van der Waals surface area contributed by atoms with Crippen molar-refractivity contribution in [3.63, 3.8) is 0 Å². The Labute approximate surface area is 113 Å². The van der Waals surface area contributed by atoms with Crippen LogP contribution in [0.1, 0.15) is 24.1 Å². The van der Waals surface area contributed by atoms with Gasteiger partial charge in [0.25, 0.3) is 0 Å². The summed E-state index contributed by atoms with van der Waals surface area (Å²) in [7, 11) is -3.85. The first-order valence-corrected chi connectivity index (χ1v) is 7.48. The van der Waals surface area contributed by atoms with E-state index in [2.05, 4.69) is 4.36 Å². The minimum atomic E-state index is -3.85. The monoisotopic (exact) mass is 277 g/mol. The molecule has 0 saturated carbocycles. The van der Waals surface area contributed by atoms with Gasteiger partial charge in [-0.2, -0.15) is 4.36 Å². The maximum absolute atomic E-state index is 14.3. The van der Waals surface area contributed by atoms with Gasteiger partial charge in [-0.05, 0) is 31.5 Å². The van der Waals surface area contributed by atoms with Gasteiger partial charge in [0, 0.05) is 0 Å². The molecule has 2 atom stereocenters. The summed E-state index contributed by atoms with van der Waals surface area (Å²) in [6.07, 6.45) is 0. The standard InChI is InChI=1S/C15H16FNOS/c1-12-8-10-15(11-9-12)19(16,18)17-13(2)14-6-4-3-5-7-14/h3-11,13H,1-2H3. The second-order valence-electron chi connectivity index (χ2n) is 4.46. The molecule has 0 radical (unpaired) electrons. The number of rotatable bonds is 3. The van der Waals surface area contributed by atoms with Gasteiger partial charge in [0.15, 0.2) is 0 Å². The van der Waals surface area contributed by atoms with Crippen molar-refractivity contribution in [1.82, 2.24) is 0 Å². The smallest absolute Gasteiger partial charge is 0.211 e. The Morgan fingerprint density at radius 2 is 1.63 bits per heavy atom. The highest BCUT2D eigenvalue weighted by Crippen LogP contribution is 2.23. The Morgan fingerprint density at radius 3 is 2.21 bits per heavy atom. The third-order valence-corrected chi connectivity index (χ3v) is 4.33. The number of nitrogens with zero attached hydrogens (tertiary/aromatic N) is 1. The van der Waals surface area contributed by atoms with Crippen molar-refractivity contribution in [2.45, 2.75) is 24.8 Å². The van der Waals surface area contributed by atoms with Gasteiger partial charge in [0.1, 0.15) is 0 Å². The molecule has 0 aliphatic rings. The van der Waals surface area contributed by atoms with Crippen molar-refractivity contribution in [3.05, 3.63) is 65.7 Å². The molecule has 0 aliphatic carbocycles. The van der Waals surface area contributed by atoms with E-state index in [0.717, 1.165) is 11.1 Å². The summed E-state index contributed by atoms with van der Waals surface area (Å²) in [6, 6.07) is 15.4. The zero-order chi connectivity index (χ0) is 13.9. The number of hydrogen-bond acceptors (Lipinski definition) is 2. The average Bonchev–Trinajstić information content (AvgIpc) is 2.40. The lowest BCUT2D eigenvalue weighted by molar-refractivity contribution is 0.629. The Morgan fingerprint density at radius 1 is 1.05 bits per heavy atom. The van der Waals surface area contributed by atoms with E-state index in [0.29, 0.717) is 0 Å². The molecule has 2 nitrogen and oxygen atoms in total. The van der Waals surface area contributed by atoms with Crippen molar-refractivity contribution >= 4 is 10.1 Å². The van der Waals surface area contributed by atoms with E-state index in [4.69, 9.17) is 0 Å². The molecule has 0 N–H and O–H groups in total. The Hall–Kier alpha value is -1.68. The predicted molar refractivity (Wildman–Crippen MR) is 76.0 cm³/mol. The van der Waals surface area contributed by atoms with Crippen molar-refractivity contribution in [2.75, 3.05) is 0 Å². The zero-order valence-electron chi connectivity index (χ0n) is 10.9. The van der Waals surface area contributed by atoms with E-state index >= 15 is 0 Å². The number of benzene rings is 2. The van der Waals surface area contributed by atoms with Crippen LogP contribution in [0, 0.1) is 6.92 Å². The van der Waals surface area contributed by atoms with E-state index in [9.17, 15) is 8.09 Å². The predicted octanol–water partition coefficient (Wildman–Crippen LogP) is 4.47. The van der Waals surface area contributed by atoms with Crippen LogP contribution in [0.5, 0.6) is 0 Å². The molecular formula is C15H16FNOS. The molecule has 2 unspecified atom stereocenters. The molecule has 19 heavy (non-hydrogen) atoms. The molecule has 100 valence electrons. The quantitative estimate of drug-likeness (QED) is 0.761. The largest absolute Gasteiger partial charge is 0.231 e. The second-order valence-corrected chi connectivity index (χ2v) is 6.06. The first kappa shape index (κ1) is 13.7. The van der Waals surface area contributed by atoms with Crippen LogP contribution < -0.4 is 0 Å². The molecule has 2 rings (SSSR count). The topological polar surface area (TPSA) is 29.4 Å². The molecule has 0 bridgehead atoms. The fourth-order valence-electron chi connectivity index (χ4n) is 1.76. The lowest BCUT2D eigenvalue weighted by Gasteiger charge is -2.08. The molecule has 0 aliphatic heterocycles. The van der Waals surface area contributed by atoms with Crippen LogP contribution in [0.15, 0.2) is 63.9 Å². The maximum atomic E-state index is 14.3. The van der Waals surface area contributed by atoms with Crippen molar-refractivity contribution in [3.8, 4) is 0 Å². The molecule has 4 heteroatoms. The van der Waals surface area contributed by atoms with Crippen molar-refractivity contribution in [1.29, 1.82) is 0 Å². The number of halogens is 1. The highest BCUT2D eigenvalue weighted by Gasteiger charge is 2.13. The fourth-order valence-corrected chi connectivity index (χ4v) is 2.88. The lowest BCUT2D eigenvalue weighted by Crippen LogP contribution is -1.97. The molecule has 2 aromatic carbocycles. The average molecular weight is 277 g/mol. The van der Waals surface area contributed by atoms with Crippen LogP contribution in [-0.2, 0) is 10.1 Å². The van der Waals surface area contributed by atoms with Crippen LogP contribution in [0.25, 0.3) is 0 Å². The molecule has 2 aromatic rings. The van der Waals surface area contributed by atoms with Gasteiger partial charge in [0.2, 0.25) is 10.1 Å². The number of hydrogen-bond donors (Lipinski definition) is 0. The Balaban J connectivity index is 2.36. The summed E-state index contributed by atoms with van der Waals surface area (Å²) < 4.78 is 30.1.